The first-order valence-electron chi connectivity index (χ1n) is 7.97. The number of hydrogen-bond acceptors (Lipinski definition) is 4. The molecular formula is C15H29N3O2. The van der Waals surface area contributed by atoms with E-state index in [1.807, 2.05) is 6.92 Å². The van der Waals surface area contributed by atoms with E-state index in [2.05, 4.69) is 10.2 Å². The fraction of sp³-hybridized carbons (Fsp3) is 0.933. The molecule has 2 rings (SSSR count). The molecule has 1 saturated heterocycles. The summed E-state index contributed by atoms with van der Waals surface area (Å²) in [4.78, 5) is 14.7. The Morgan fingerprint density at radius 1 is 1.35 bits per heavy atom. The number of carbonyl (C=O) groups excluding carboxylic acids is 1. The lowest BCUT2D eigenvalue weighted by Gasteiger charge is -2.43. The Kier molecular flexibility index (Phi) is 5.81. The Hall–Kier alpha value is -0.650. The predicted molar refractivity (Wildman–Crippen MR) is 79.5 cm³/mol. The van der Waals surface area contributed by atoms with Crippen molar-refractivity contribution in [1.82, 2.24) is 10.2 Å². The second kappa shape index (κ2) is 7.38. The van der Waals surface area contributed by atoms with Gasteiger partial charge in [0.15, 0.2) is 0 Å². The van der Waals surface area contributed by atoms with E-state index in [0.717, 1.165) is 45.6 Å². The third-order valence-electron chi connectivity index (χ3n) is 4.63. The van der Waals surface area contributed by atoms with Crippen molar-refractivity contribution in [2.24, 2.45) is 5.73 Å². The van der Waals surface area contributed by atoms with Crippen molar-refractivity contribution in [1.29, 1.82) is 0 Å². The summed E-state index contributed by atoms with van der Waals surface area (Å²) in [7, 11) is 0. The highest BCUT2D eigenvalue weighted by Gasteiger charge is 2.41. The fourth-order valence-corrected chi connectivity index (χ4v) is 3.48. The summed E-state index contributed by atoms with van der Waals surface area (Å²) in [6.45, 7) is 6.19. The van der Waals surface area contributed by atoms with Gasteiger partial charge < -0.3 is 15.8 Å². The van der Waals surface area contributed by atoms with Gasteiger partial charge in [0, 0.05) is 37.6 Å². The third kappa shape index (κ3) is 4.17. The summed E-state index contributed by atoms with van der Waals surface area (Å²) in [6.07, 6.45) is 6.25. The van der Waals surface area contributed by atoms with Gasteiger partial charge in [-0.15, -0.1) is 0 Å². The number of hydrogen-bond donors (Lipinski definition) is 2. The predicted octanol–water partition coefficient (Wildman–Crippen LogP) is 0.875. The van der Waals surface area contributed by atoms with Gasteiger partial charge in [0.2, 0.25) is 5.91 Å². The van der Waals surface area contributed by atoms with Crippen molar-refractivity contribution in [3.05, 3.63) is 0 Å². The van der Waals surface area contributed by atoms with Gasteiger partial charge in [0.25, 0.3) is 0 Å². The van der Waals surface area contributed by atoms with E-state index in [0.29, 0.717) is 13.0 Å². The van der Waals surface area contributed by atoms with Crippen molar-refractivity contribution in [2.75, 3.05) is 32.8 Å². The molecule has 0 radical (unpaired) electrons. The zero-order chi connectivity index (χ0) is 14.4. The van der Waals surface area contributed by atoms with Crippen LogP contribution in [0.4, 0.5) is 0 Å². The molecule has 1 heterocycles. The lowest BCUT2D eigenvalue weighted by molar-refractivity contribution is -0.125. The van der Waals surface area contributed by atoms with Gasteiger partial charge in [-0.25, -0.2) is 0 Å². The maximum Gasteiger partial charge on any atom is 0.221 e. The van der Waals surface area contributed by atoms with Gasteiger partial charge >= 0.3 is 0 Å². The lowest BCUT2D eigenvalue weighted by atomic mass is 9.90. The van der Waals surface area contributed by atoms with E-state index in [1.54, 1.807) is 0 Å². The first-order valence-corrected chi connectivity index (χ1v) is 7.97. The molecule has 5 nitrogen and oxygen atoms in total. The van der Waals surface area contributed by atoms with Crippen molar-refractivity contribution in [2.45, 2.75) is 57.0 Å². The summed E-state index contributed by atoms with van der Waals surface area (Å²) in [5.41, 5.74) is 5.80. The Bertz CT molecular complexity index is 308. The molecule has 0 spiro atoms. The highest BCUT2D eigenvalue weighted by molar-refractivity contribution is 5.77. The average Bonchev–Trinajstić information content (AvgIpc) is 2.89. The average molecular weight is 283 g/mol. The molecule has 1 unspecified atom stereocenters. The number of nitrogens with one attached hydrogen (secondary N) is 1. The van der Waals surface area contributed by atoms with Gasteiger partial charge in [-0.1, -0.05) is 12.8 Å². The number of carbonyl (C=O) groups is 1. The summed E-state index contributed by atoms with van der Waals surface area (Å²) < 4.78 is 5.44. The molecular weight excluding hydrogens is 254 g/mol. The smallest absolute Gasteiger partial charge is 0.221 e. The second-order valence-electron chi connectivity index (χ2n) is 6.32. The molecule has 0 aromatic heterocycles. The van der Waals surface area contributed by atoms with Crippen molar-refractivity contribution in [3.63, 3.8) is 0 Å². The largest absolute Gasteiger partial charge is 0.379 e. The van der Waals surface area contributed by atoms with Crippen LogP contribution in [-0.2, 0) is 9.53 Å². The van der Waals surface area contributed by atoms with Gasteiger partial charge in [-0.3, -0.25) is 9.69 Å². The van der Waals surface area contributed by atoms with Gasteiger partial charge in [0.1, 0.15) is 0 Å². The molecule has 0 aromatic carbocycles. The molecule has 1 amide bonds. The monoisotopic (exact) mass is 283 g/mol. The van der Waals surface area contributed by atoms with E-state index in [4.69, 9.17) is 10.5 Å². The summed E-state index contributed by atoms with van der Waals surface area (Å²) in [6, 6.07) is 0.148. The van der Waals surface area contributed by atoms with Gasteiger partial charge in [-0.05, 0) is 26.2 Å². The second-order valence-corrected chi connectivity index (χ2v) is 6.32. The van der Waals surface area contributed by atoms with E-state index >= 15 is 0 Å². The van der Waals surface area contributed by atoms with Gasteiger partial charge in [0.05, 0.1) is 13.2 Å². The van der Waals surface area contributed by atoms with Crippen molar-refractivity contribution >= 4 is 5.91 Å². The van der Waals surface area contributed by atoms with Crippen LogP contribution in [-0.4, -0.2) is 55.2 Å². The third-order valence-corrected chi connectivity index (χ3v) is 4.63. The number of rotatable bonds is 6. The number of nitrogens with two attached hydrogens (primary N) is 1. The molecule has 1 atom stereocenters. The molecule has 116 valence electrons. The van der Waals surface area contributed by atoms with Crippen LogP contribution in [0, 0.1) is 0 Å². The van der Waals surface area contributed by atoms with Crippen molar-refractivity contribution < 1.29 is 9.53 Å². The molecule has 0 aromatic rings. The maximum absolute atomic E-state index is 12.2. The topological polar surface area (TPSA) is 67.6 Å². The van der Waals surface area contributed by atoms with Crippen LogP contribution in [0.1, 0.15) is 45.4 Å². The Balaban J connectivity index is 1.86. The molecule has 5 heteroatoms. The fourth-order valence-electron chi connectivity index (χ4n) is 3.48. The highest BCUT2D eigenvalue weighted by atomic mass is 16.5. The minimum atomic E-state index is 0.0855. The molecule has 3 N–H and O–H groups in total. The molecule has 2 aliphatic rings. The lowest BCUT2D eigenvalue weighted by Crippen LogP contribution is -2.54. The highest BCUT2D eigenvalue weighted by Crippen LogP contribution is 2.38. The van der Waals surface area contributed by atoms with Crippen LogP contribution in [0.5, 0.6) is 0 Å². The Labute approximate surface area is 122 Å². The molecule has 20 heavy (non-hydrogen) atoms. The SMILES string of the molecule is CC(N)CCNC(=O)CC1(N2CCOCC2)CCCC1. The van der Waals surface area contributed by atoms with Crippen LogP contribution in [0.3, 0.4) is 0 Å². The summed E-state index contributed by atoms with van der Waals surface area (Å²) in [5, 5.41) is 3.03. The molecule has 1 aliphatic heterocycles. The van der Waals surface area contributed by atoms with Crippen LogP contribution in [0.2, 0.25) is 0 Å². The molecule has 1 saturated carbocycles. The maximum atomic E-state index is 12.2. The first-order chi connectivity index (χ1) is 9.62. The zero-order valence-electron chi connectivity index (χ0n) is 12.7. The number of morpholine rings is 1. The van der Waals surface area contributed by atoms with Crippen LogP contribution >= 0.6 is 0 Å². The zero-order valence-corrected chi connectivity index (χ0v) is 12.7. The van der Waals surface area contributed by atoms with Crippen LogP contribution < -0.4 is 11.1 Å². The van der Waals surface area contributed by atoms with Gasteiger partial charge in [-0.2, -0.15) is 0 Å². The van der Waals surface area contributed by atoms with E-state index < -0.39 is 0 Å². The molecule has 1 aliphatic carbocycles. The number of amides is 1. The molecule has 0 bridgehead atoms. The molecule has 2 fully saturated rings. The van der Waals surface area contributed by atoms with E-state index in [9.17, 15) is 4.79 Å². The minimum Gasteiger partial charge on any atom is -0.379 e. The van der Waals surface area contributed by atoms with E-state index in [-0.39, 0.29) is 17.5 Å². The summed E-state index contributed by atoms with van der Waals surface area (Å²) in [5.74, 6) is 0.180. The quantitative estimate of drug-likeness (QED) is 0.759. The summed E-state index contributed by atoms with van der Waals surface area (Å²) >= 11 is 0. The standard InChI is InChI=1S/C15H29N3O2/c1-13(16)4-7-17-14(19)12-15(5-2-3-6-15)18-8-10-20-11-9-18/h13H,2-12,16H2,1H3,(H,17,19). The van der Waals surface area contributed by atoms with E-state index in [1.165, 1.54) is 12.8 Å². The Morgan fingerprint density at radius 2 is 2.00 bits per heavy atom. The Morgan fingerprint density at radius 3 is 2.60 bits per heavy atom. The normalized spacial score (nSPS) is 24.5. The van der Waals surface area contributed by atoms with Crippen LogP contribution in [0.25, 0.3) is 0 Å². The first kappa shape index (κ1) is 15.7. The number of ether oxygens (including phenoxy) is 1. The van der Waals surface area contributed by atoms with Crippen molar-refractivity contribution in [3.8, 4) is 0 Å². The van der Waals surface area contributed by atoms with Crippen LogP contribution in [0.15, 0.2) is 0 Å². The number of nitrogens with zero attached hydrogens (tertiary/aromatic N) is 1. The minimum absolute atomic E-state index is 0.0855.